The largest absolute Gasteiger partial charge is 0.356 e. The van der Waals surface area contributed by atoms with Crippen molar-refractivity contribution in [1.29, 1.82) is 0 Å². The number of halogens is 1. The second kappa shape index (κ2) is 5.73. The van der Waals surface area contributed by atoms with E-state index in [4.69, 9.17) is 4.74 Å². The zero-order valence-corrected chi connectivity index (χ0v) is 12.5. The first kappa shape index (κ1) is 13.8. The van der Waals surface area contributed by atoms with E-state index in [2.05, 4.69) is 16.9 Å². The molecule has 0 amide bonds. The number of benzene rings is 1. The van der Waals surface area contributed by atoms with Crippen LogP contribution in [0.2, 0.25) is 0 Å². The molecule has 1 aliphatic carbocycles. The van der Waals surface area contributed by atoms with Gasteiger partial charge in [0.15, 0.2) is 6.23 Å². The smallest absolute Gasteiger partial charge is 0.240 e. The zero-order chi connectivity index (χ0) is 14.9. The van der Waals surface area contributed by atoms with E-state index < -0.39 is 5.95 Å². The average Bonchev–Trinajstić information content (AvgIpc) is 2.84. The molecule has 2 aromatic rings. The van der Waals surface area contributed by atoms with Crippen molar-refractivity contribution in [1.82, 2.24) is 9.78 Å². The number of hydrogen-bond acceptors (Lipinski definition) is 2. The summed E-state index contributed by atoms with van der Waals surface area (Å²) in [6.45, 7) is 0.721. The molecule has 0 radical (unpaired) electrons. The fourth-order valence-corrected chi connectivity index (χ4v) is 3.06. The van der Waals surface area contributed by atoms with Gasteiger partial charge in [-0.3, -0.25) is 0 Å². The molecule has 3 nitrogen and oxygen atoms in total. The third-order valence-electron chi connectivity index (χ3n) is 4.62. The number of nitrogens with zero attached hydrogens (tertiary/aromatic N) is 2. The van der Waals surface area contributed by atoms with E-state index in [0.29, 0.717) is 11.3 Å². The van der Waals surface area contributed by atoms with Gasteiger partial charge in [0.05, 0.1) is 10.9 Å². The van der Waals surface area contributed by atoms with Gasteiger partial charge < -0.3 is 4.74 Å². The minimum atomic E-state index is -0.434. The highest BCUT2D eigenvalue weighted by atomic mass is 19.1. The highest BCUT2D eigenvalue weighted by molar-refractivity contribution is 5.81. The van der Waals surface area contributed by atoms with Crippen LogP contribution in [0.25, 0.3) is 10.9 Å². The molecule has 0 bridgehead atoms. The van der Waals surface area contributed by atoms with E-state index >= 15 is 0 Å². The molecule has 22 heavy (non-hydrogen) atoms. The second-order valence-electron chi connectivity index (χ2n) is 6.19. The van der Waals surface area contributed by atoms with E-state index in [9.17, 15) is 4.39 Å². The molecule has 1 aromatic carbocycles. The molecule has 0 unspecified atom stereocenters. The summed E-state index contributed by atoms with van der Waals surface area (Å²) < 4.78 is 21.6. The Hall–Kier alpha value is -1.86. The summed E-state index contributed by atoms with van der Waals surface area (Å²) in [4.78, 5) is 0. The van der Waals surface area contributed by atoms with Crippen LogP contribution in [-0.2, 0) is 4.74 Å². The summed E-state index contributed by atoms with van der Waals surface area (Å²) in [6.07, 6.45) is 6.58. The van der Waals surface area contributed by atoms with E-state index in [1.54, 1.807) is 4.68 Å². The van der Waals surface area contributed by atoms with Gasteiger partial charge in [-0.15, -0.1) is 5.10 Å². The summed E-state index contributed by atoms with van der Waals surface area (Å²) >= 11 is 0. The molecule has 0 spiro atoms. The topological polar surface area (TPSA) is 27.1 Å². The SMILES string of the molecule is Fc1nn([C@H]2CCCCO2)c2ccc(C#CC3CCC3)cc12. The average molecular weight is 298 g/mol. The molecule has 1 aromatic heterocycles. The number of ether oxygens (including phenoxy) is 1. The van der Waals surface area contributed by atoms with Gasteiger partial charge in [-0.2, -0.15) is 4.39 Å². The molecule has 1 aliphatic heterocycles. The number of hydrogen-bond donors (Lipinski definition) is 0. The Labute approximate surface area is 129 Å². The van der Waals surface area contributed by atoms with Crippen LogP contribution in [0.1, 0.15) is 50.3 Å². The van der Waals surface area contributed by atoms with Crippen molar-refractivity contribution in [2.75, 3.05) is 6.61 Å². The highest BCUT2D eigenvalue weighted by Crippen LogP contribution is 2.28. The first-order chi connectivity index (χ1) is 10.8. The van der Waals surface area contributed by atoms with Crippen LogP contribution in [0, 0.1) is 23.7 Å². The van der Waals surface area contributed by atoms with Crippen LogP contribution in [-0.4, -0.2) is 16.4 Å². The number of rotatable bonds is 1. The predicted molar refractivity (Wildman–Crippen MR) is 82.8 cm³/mol. The number of aromatic nitrogens is 2. The lowest BCUT2D eigenvalue weighted by molar-refractivity contribution is -0.0375. The predicted octanol–water partition coefficient (Wildman–Crippen LogP) is 4.03. The Balaban J connectivity index is 1.67. The van der Waals surface area contributed by atoms with Crippen LogP contribution in [0.4, 0.5) is 4.39 Å². The molecule has 2 heterocycles. The van der Waals surface area contributed by atoms with E-state index in [1.807, 2.05) is 18.2 Å². The third-order valence-corrected chi connectivity index (χ3v) is 4.62. The molecule has 1 atom stereocenters. The summed E-state index contributed by atoms with van der Waals surface area (Å²) in [7, 11) is 0. The first-order valence-electron chi connectivity index (χ1n) is 8.12. The van der Waals surface area contributed by atoms with Gasteiger partial charge in [0.25, 0.3) is 0 Å². The van der Waals surface area contributed by atoms with Crippen molar-refractivity contribution < 1.29 is 9.13 Å². The summed E-state index contributed by atoms with van der Waals surface area (Å²) in [6, 6.07) is 5.67. The van der Waals surface area contributed by atoms with E-state index in [-0.39, 0.29) is 6.23 Å². The van der Waals surface area contributed by atoms with Crippen molar-refractivity contribution >= 4 is 10.9 Å². The van der Waals surface area contributed by atoms with Gasteiger partial charge >= 0.3 is 0 Å². The van der Waals surface area contributed by atoms with Gasteiger partial charge in [0.1, 0.15) is 0 Å². The molecule has 4 rings (SSSR count). The Morgan fingerprint density at radius 3 is 2.82 bits per heavy atom. The molecular weight excluding hydrogens is 279 g/mol. The minimum Gasteiger partial charge on any atom is -0.356 e. The van der Waals surface area contributed by atoms with Crippen molar-refractivity contribution in [3.63, 3.8) is 0 Å². The number of fused-ring (bicyclic) bond motifs is 1. The van der Waals surface area contributed by atoms with Gasteiger partial charge in [-0.25, -0.2) is 4.68 Å². The van der Waals surface area contributed by atoms with Gasteiger partial charge in [0, 0.05) is 18.1 Å². The maximum absolute atomic E-state index is 14.2. The molecule has 114 valence electrons. The standard InChI is InChI=1S/C18H19FN2O/c19-18-15-12-14(8-7-13-4-3-5-13)9-10-16(15)21(20-18)17-6-1-2-11-22-17/h9-10,12-13,17H,1-6,11H2/t17-/m1/s1. The lowest BCUT2D eigenvalue weighted by Gasteiger charge is -2.23. The zero-order valence-electron chi connectivity index (χ0n) is 12.5. The van der Waals surface area contributed by atoms with Crippen LogP contribution < -0.4 is 0 Å². The third kappa shape index (κ3) is 2.50. The van der Waals surface area contributed by atoms with Gasteiger partial charge in [-0.1, -0.05) is 18.3 Å². The fraction of sp³-hybridized carbons (Fsp3) is 0.500. The molecule has 2 aliphatic rings. The maximum atomic E-state index is 14.2. The molecule has 0 N–H and O–H groups in total. The normalized spacial score (nSPS) is 22.1. The molecule has 2 fully saturated rings. The molecule has 1 saturated heterocycles. The Kier molecular flexibility index (Phi) is 3.59. The lowest BCUT2D eigenvalue weighted by atomic mass is 9.86. The maximum Gasteiger partial charge on any atom is 0.240 e. The second-order valence-corrected chi connectivity index (χ2v) is 6.19. The van der Waals surface area contributed by atoms with Gasteiger partial charge in [0.2, 0.25) is 5.95 Å². The highest BCUT2D eigenvalue weighted by Gasteiger charge is 2.21. The Bertz CT molecular complexity index is 746. The van der Waals surface area contributed by atoms with Crippen molar-refractivity contribution in [2.45, 2.75) is 44.8 Å². The minimum absolute atomic E-state index is 0.146. The van der Waals surface area contributed by atoms with Crippen molar-refractivity contribution in [3.8, 4) is 11.8 Å². The summed E-state index contributed by atoms with van der Waals surface area (Å²) in [5, 5.41) is 4.59. The molecule has 4 heteroatoms. The summed E-state index contributed by atoms with van der Waals surface area (Å²) in [5.41, 5.74) is 1.65. The monoisotopic (exact) mass is 298 g/mol. The van der Waals surface area contributed by atoms with Crippen LogP contribution in [0.5, 0.6) is 0 Å². The molecule has 1 saturated carbocycles. The fourth-order valence-electron chi connectivity index (χ4n) is 3.06. The van der Waals surface area contributed by atoms with E-state index in [0.717, 1.165) is 36.9 Å². The van der Waals surface area contributed by atoms with Crippen LogP contribution in [0.15, 0.2) is 18.2 Å². The van der Waals surface area contributed by atoms with Crippen molar-refractivity contribution in [3.05, 3.63) is 29.7 Å². The van der Waals surface area contributed by atoms with Crippen LogP contribution >= 0.6 is 0 Å². The quantitative estimate of drug-likeness (QED) is 0.743. The first-order valence-corrected chi connectivity index (χ1v) is 8.12. The van der Waals surface area contributed by atoms with Crippen molar-refractivity contribution in [2.24, 2.45) is 5.92 Å². The molecular formula is C18H19FN2O. The van der Waals surface area contributed by atoms with E-state index in [1.165, 1.54) is 19.3 Å². The Morgan fingerprint density at radius 2 is 2.09 bits per heavy atom. The summed E-state index contributed by atoms with van der Waals surface area (Å²) in [5.74, 6) is 6.53. The lowest BCUT2D eigenvalue weighted by Crippen LogP contribution is -2.19. The van der Waals surface area contributed by atoms with Crippen LogP contribution in [0.3, 0.4) is 0 Å². The Morgan fingerprint density at radius 1 is 1.18 bits per heavy atom. The van der Waals surface area contributed by atoms with Gasteiger partial charge in [-0.05, 0) is 50.3 Å².